The Hall–Kier alpha value is -3.63. The van der Waals surface area contributed by atoms with Crippen LogP contribution in [0.3, 0.4) is 0 Å². The van der Waals surface area contributed by atoms with Crippen molar-refractivity contribution in [1.82, 2.24) is 0 Å². The van der Waals surface area contributed by atoms with Gasteiger partial charge in [-0.3, -0.25) is 9.59 Å². The van der Waals surface area contributed by atoms with Crippen LogP contribution >= 0.6 is 0 Å². The summed E-state index contributed by atoms with van der Waals surface area (Å²) >= 11 is 0. The van der Waals surface area contributed by atoms with E-state index in [0.29, 0.717) is 12.3 Å². The van der Waals surface area contributed by atoms with Crippen LogP contribution in [0, 0.1) is 11.6 Å². The van der Waals surface area contributed by atoms with Gasteiger partial charge in [-0.15, -0.1) is 0 Å². The van der Waals surface area contributed by atoms with E-state index in [1.807, 2.05) is 0 Å². The summed E-state index contributed by atoms with van der Waals surface area (Å²) in [5.74, 6) is -3.67. The summed E-state index contributed by atoms with van der Waals surface area (Å²) in [6.07, 6.45) is -0.568. The fourth-order valence-electron chi connectivity index (χ4n) is 1.98. The molecule has 0 aliphatic heterocycles. The second-order valence-electron chi connectivity index (χ2n) is 5.46. The van der Waals surface area contributed by atoms with Gasteiger partial charge in [0.25, 0.3) is 11.8 Å². The molecule has 0 aliphatic rings. The number of hydrogen-bond acceptors (Lipinski definition) is 5. The fourth-order valence-corrected chi connectivity index (χ4v) is 1.98. The number of oxime groups is 1. The maximum Gasteiger partial charge on any atom is 0.387 e. The van der Waals surface area contributed by atoms with Gasteiger partial charge in [0.2, 0.25) is 6.10 Å². The number of halogens is 4. The molecule has 0 spiro atoms. The van der Waals surface area contributed by atoms with Gasteiger partial charge in [0.15, 0.2) is 0 Å². The first kappa shape index (κ1) is 21.7. The Balaban J connectivity index is 1.89. The molecule has 29 heavy (non-hydrogen) atoms. The second kappa shape index (κ2) is 10.1. The van der Waals surface area contributed by atoms with Crippen molar-refractivity contribution in [2.24, 2.45) is 5.16 Å². The molecule has 1 atom stereocenters. The molecule has 11 heteroatoms. The number of rotatable bonds is 8. The van der Waals surface area contributed by atoms with Crippen molar-refractivity contribution in [2.75, 3.05) is 10.6 Å². The van der Waals surface area contributed by atoms with Crippen LogP contribution in [0.2, 0.25) is 0 Å². The smallest absolute Gasteiger partial charge is 0.387 e. The highest BCUT2D eigenvalue weighted by Gasteiger charge is 2.17. The van der Waals surface area contributed by atoms with Gasteiger partial charge < -0.3 is 20.2 Å². The summed E-state index contributed by atoms with van der Waals surface area (Å²) in [5, 5.41) is 7.73. The predicted octanol–water partition coefficient (Wildman–Crippen LogP) is 3.53. The molecule has 0 fully saturated rings. The van der Waals surface area contributed by atoms with E-state index in [1.54, 1.807) is 0 Å². The van der Waals surface area contributed by atoms with E-state index in [0.717, 1.165) is 12.1 Å². The van der Waals surface area contributed by atoms with E-state index < -0.39 is 36.2 Å². The van der Waals surface area contributed by atoms with Crippen LogP contribution in [0.4, 0.5) is 28.9 Å². The molecule has 7 nitrogen and oxygen atoms in total. The van der Waals surface area contributed by atoms with E-state index >= 15 is 0 Å². The number of para-hydroxylation sites is 2. The fraction of sp³-hybridized carbons (Fsp3) is 0.167. The third-order valence-electron chi connectivity index (χ3n) is 3.31. The van der Waals surface area contributed by atoms with Gasteiger partial charge in [-0.2, -0.15) is 8.78 Å². The van der Waals surface area contributed by atoms with Crippen molar-refractivity contribution in [3.63, 3.8) is 0 Å². The van der Waals surface area contributed by atoms with Crippen LogP contribution in [-0.2, 0) is 14.4 Å². The summed E-state index contributed by atoms with van der Waals surface area (Å²) in [6, 6.07) is 8.09. The van der Waals surface area contributed by atoms with Crippen LogP contribution in [0.25, 0.3) is 0 Å². The first-order valence-corrected chi connectivity index (χ1v) is 8.06. The van der Waals surface area contributed by atoms with Gasteiger partial charge in [-0.05, 0) is 31.2 Å². The summed E-state index contributed by atoms with van der Waals surface area (Å²) in [4.78, 5) is 28.5. The van der Waals surface area contributed by atoms with E-state index in [-0.39, 0.29) is 17.1 Å². The molecule has 2 aromatic carbocycles. The molecule has 0 radical (unpaired) electrons. The highest BCUT2D eigenvalue weighted by atomic mass is 19.3. The number of anilines is 2. The van der Waals surface area contributed by atoms with Crippen molar-refractivity contribution >= 4 is 29.4 Å². The van der Waals surface area contributed by atoms with Gasteiger partial charge in [0.05, 0.1) is 11.4 Å². The second-order valence-corrected chi connectivity index (χ2v) is 5.46. The maximum absolute atomic E-state index is 13.4. The van der Waals surface area contributed by atoms with Crippen LogP contribution in [0.15, 0.2) is 47.6 Å². The van der Waals surface area contributed by atoms with Crippen LogP contribution in [-0.4, -0.2) is 30.7 Å². The molecule has 2 rings (SSSR count). The summed E-state index contributed by atoms with van der Waals surface area (Å²) in [7, 11) is 0. The Kier molecular flexibility index (Phi) is 7.52. The molecule has 154 valence electrons. The average Bonchev–Trinajstić information content (AvgIpc) is 2.65. The van der Waals surface area contributed by atoms with E-state index in [4.69, 9.17) is 4.84 Å². The van der Waals surface area contributed by atoms with Crippen LogP contribution in [0.1, 0.15) is 6.92 Å². The largest absolute Gasteiger partial charge is 0.433 e. The number of alkyl halides is 2. The Morgan fingerprint density at radius 3 is 2.48 bits per heavy atom. The molecule has 2 aromatic rings. The lowest BCUT2D eigenvalue weighted by Gasteiger charge is -2.14. The number of amides is 2. The molecule has 0 bridgehead atoms. The average molecular weight is 413 g/mol. The van der Waals surface area contributed by atoms with Crippen molar-refractivity contribution < 1.29 is 36.7 Å². The van der Waals surface area contributed by atoms with E-state index in [2.05, 4.69) is 20.5 Å². The van der Waals surface area contributed by atoms with Crippen LogP contribution < -0.4 is 15.4 Å². The lowest BCUT2D eigenvalue weighted by molar-refractivity contribution is -0.126. The van der Waals surface area contributed by atoms with E-state index in [1.165, 1.54) is 31.2 Å². The number of ether oxygens (including phenoxy) is 1. The van der Waals surface area contributed by atoms with Gasteiger partial charge in [-0.1, -0.05) is 17.3 Å². The monoisotopic (exact) mass is 413 g/mol. The molecule has 1 unspecified atom stereocenters. The van der Waals surface area contributed by atoms with Gasteiger partial charge >= 0.3 is 6.61 Å². The minimum atomic E-state index is -3.07. The first-order valence-electron chi connectivity index (χ1n) is 8.06. The summed E-state index contributed by atoms with van der Waals surface area (Å²) in [5.41, 5.74) is -0.286. The Bertz CT molecular complexity index is 908. The molecular formula is C18H15F4N3O4. The number of carbonyl (C=O) groups is 2. The van der Waals surface area contributed by atoms with Crippen molar-refractivity contribution in [1.29, 1.82) is 0 Å². The lowest BCUT2D eigenvalue weighted by atomic mass is 10.2. The lowest BCUT2D eigenvalue weighted by Crippen LogP contribution is -2.27. The molecule has 2 N–H and O–H groups in total. The van der Waals surface area contributed by atoms with Crippen molar-refractivity contribution in [3.05, 3.63) is 54.1 Å². The topological polar surface area (TPSA) is 89.0 Å². The number of nitrogens with one attached hydrogen (secondary N) is 2. The number of benzene rings is 2. The van der Waals surface area contributed by atoms with Gasteiger partial charge in [0, 0.05) is 6.07 Å². The quantitative estimate of drug-likeness (QED) is 0.394. The maximum atomic E-state index is 13.4. The zero-order chi connectivity index (χ0) is 21.4. The van der Waals surface area contributed by atoms with Gasteiger partial charge in [0.1, 0.15) is 23.6 Å². The third kappa shape index (κ3) is 6.79. The van der Waals surface area contributed by atoms with Crippen molar-refractivity contribution in [2.45, 2.75) is 19.6 Å². The molecule has 0 saturated heterocycles. The molecule has 0 heterocycles. The summed E-state index contributed by atoms with van der Waals surface area (Å²) < 4.78 is 55.3. The minimum Gasteiger partial charge on any atom is -0.433 e. The van der Waals surface area contributed by atoms with E-state index in [9.17, 15) is 27.2 Å². The standard InChI is InChI=1S/C18H15F4N3O4/c1-10(17(27)25-14-4-2-3-5-15(14)28-18(21)22)29-23-9-16(26)24-13-7-6-11(19)8-12(13)20/h2-10,18H,1H3,(H,24,26)(H,25,27)/b23-9+. The van der Waals surface area contributed by atoms with Crippen molar-refractivity contribution in [3.8, 4) is 5.75 Å². The molecule has 0 aliphatic carbocycles. The molecule has 0 saturated carbocycles. The number of carbonyl (C=O) groups excluding carboxylic acids is 2. The highest BCUT2D eigenvalue weighted by Crippen LogP contribution is 2.25. The first-order chi connectivity index (χ1) is 13.8. The zero-order valence-electron chi connectivity index (χ0n) is 14.9. The number of hydrogen-bond donors (Lipinski definition) is 2. The molecule has 2 amide bonds. The zero-order valence-corrected chi connectivity index (χ0v) is 14.9. The predicted molar refractivity (Wildman–Crippen MR) is 95.7 cm³/mol. The highest BCUT2D eigenvalue weighted by molar-refractivity contribution is 6.31. The minimum absolute atomic E-state index is 0.0123. The molecule has 0 aromatic heterocycles. The normalized spacial score (nSPS) is 11.9. The van der Waals surface area contributed by atoms with Gasteiger partial charge in [-0.25, -0.2) is 8.78 Å². The van der Waals surface area contributed by atoms with Crippen LogP contribution in [0.5, 0.6) is 5.75 Å². The molecular weight excluding hydrogens is 398 g/mol. The summed E-state index contributed by atoms with van der Waals surface area (Å²) in [6.45, 7) is -1.78. The Morgan fingerprint density at radius 2 is 1.79 bits per heavy atom. The Labute approximate surface area is 162 Å². The third-order valence-corrected chi connectivity index (χ3v) is 3.31. The number of nitrogens with zero attached hydrogens (tertiary/aromatic N) is 1. The SMILES string of the molecule is CC(O/N=C/C(=O)Nc1ccc(F)cc1F)C(=O)Nc1ccccc1OC(F)F. The Morgan fingerprint density at radius 1 is 1.07 bits per heavy atom.